The molecule has 0 unspecified atom stereocenters. The highest BCUT2D eigenvalue weighted by molar-refractivity contribution is 7.13. The number of hydrogen-bond donors (Lipinski definition) is 2. The molecular weight excluding hydrogens is 266 g/mol. The zero-order chi connectivity index (χ0) is 14.1. The highest BCUT2D eigenvalue weighted by Gasteiger charge is 2.15. The summed E-state index contributed by atoms with van der Waals surface area (Å²) in [6.45, 7) is 4.39. The minimum absolute atomic E-state index is 0.535. The number of aromatic nitrogens is 2. The first-order valence-corrected chi connectivity index (χ1v) is 7.53. The lowest BCUT2D eigenvalue weighted by Gasteiger charge is -2.07. The van der Waals surface area contributed by atoms with E-state index < -0.39 is 0 Å². The van der Waals surface area contributed by atoms with Crippen molar-refractivity contribution in [2.45, 2.75) is 19.8 Å². The van der Waals surface area contributed by atoms with E-state index in [9.17, 15) is 0 Å². The Hall–Kier alpha value is -2.07. The summed E-state index contributed by atoms with van der Waals surface area (Å²) in [4.78, 5) is 1.14. The number of anilines is 1. The Morgan fingerprint density at radius 3 is 2.50 bits per heavy atom. The summed E-state index contributed by atoms with van der Waals surface area (Å²) in [5.41, 5.74) is 10.4. The molecule has 4 heteroatoms. The molecule has 0 radical (unpaired) electrons. The number of nitrogen functional groups attached to an aromatic ring is 1. The van der Waals surface area contributed by atoms with Gasteiger partial charge in [0.15, 0.2) is 5.82 Å². The van der Waals surface area contributed by atoms with Gasteiger partial charge in [0.05, 0.1) is 11.3 Å². The first-order chi connectivity index (χ1) is 9.66. The minimum Gasteiger partial charge on any atom is -0.382 e. The largest absolute Gasteiger partial charge is 0.382 e. The number of H-pyrrole nitrogens is 1. The van der Waals surface area contributed by atoms with E-state index in [2.05, 4.69) is 54.4 Å². The highest BCUT2D eigenvalue weighted by Crippen LogP contribution is 2.37. The third-order valence-electron chi connectivity index (χ3n) is 3.43. The van der Waals surface area contributed by atoms with E-state index in [0.29, 0.717) is 11.7 Å². The molecule has 102 valence electrons. The summed E-state index contributed by atoms with van der Waals surface area (Å²) in [5.74, 6) is 1.09. The molecule has 3 aromatic rings. The average Bonchev–Trinajstić information content (AvgIpc) is 3.07. The molecule has 0 spiro atoms. The summed E-state index contributed by atoms with van der Waals surface area (Å²) in [5, 5.41) is 9.27. The van der Waals surface area contributed by atoms with Gasteiger partial charge in [-0.3, -0.25) is 5.10 Å². The Kier molecular flexibility index (Phi) is 3.32. The number of thiophene rings is 1. The highest BCUT2D eigenvalue weighted by atomic mass is 32.1. The molecular formula is C16H17N3S. The van der Waals surface area contributed by atoms with Gasteiger partial charge in [0.25, 0.3) is 0 Å². The molecule has 2 aromatic heterocycles. The molecule has 0 atom stereocenters. The summed E-state index contributed by atoms with van der Waals surface area (Å²) < 4.78 is 0. The number of nitrogens with zero attached hydrogens (tertiary/aromatic N) is 1. The Morgan fingerprint density at radius 1 is 1.15 bits per heavy atom. The predicted molar refractivity (Wildman–Crippen MR) is 85.8 cm³/mol. The lowest BCUT2D eigenvalue weighted by Crippen LogP contribution is -1.88. The average molecular weight is 283 g/mol. The van der Waals surface area contributed by atoms with Gasteiger partial charge >= 0.3 is 0 Å². The predicted octanol–water partition coefficient (Wildman–Crippen LogP) is 4.51. The lowest BCUT2D eigenvalue weighted by molar-refractivity contribution is 0.867. The molecule has 1 aromatic carbocycles. The number of benzene rings is 1. The zero-order valence-electron chi connectivity index (χ0n) is 11.6. The smallest absolute Gasteiger partial charge is 0.154 e. The quantitative estimate of drug-likeness (QED) is 0.743. The molecule has 2 heterocycles. The molecule has 0 bridgehead atoms. The van der Waals surface area contributed by atoms with E-state index in [1.165, 1.54) is 5.56 Å². The maximum Gasteiger partial charge on any atom is 0.154 e. The topological polar surface area (TPSA) is 54.7 Å². The maximum absolute atomic E-state index is 6.01. The third kappa shape index (κ3) is 2.23. The Bertz CT molecular complexity index is 694. The molecule has 0 amide bonds. The fourth-order valence-corrected chi connectivity index (χ4v) is 3.06. The van der Waals surface area contributed by atoms with Crippen molar-refractivity contribution < 1.29 is 0 Å². The normalized spacial score (nSPS) is 11.2. The molecule has 0 fully saturated rings. The molecule has 0 saturated heterocycles. The van der Waals surface area contributed by atoms with Gasteiger partial charge in [-0.05, 0) is 22.9 Å². The Morgan fingerprint density at radius 2 is 1.90 bits per heavy atom. The van der Waals surface area contributed by atoms with Crippen molar-refractivity contribution in [1.82, 2.24) is 10.2 Å². The van der Waals surface area contributed by atoms with Gasteiger partial charge in [0, 0.05) is 10.4 Å². The number of hydrogen-bond acceptors (Lipinski definition) is 3. The maximum atomic E-state index is 6.01. The van der Waals surface area contributed by atoms with Crippen molar-refractivity contribution in [2.75, 3.05) is 5.73 Å². The van der Waals surface area contributed by atoms with Crippen molar-refractivity contribution in [3.63, 3.8) is 0 Å². The van der Waals surface area contributed by atoms with E-state index in [0.717, 1.165) is 21.7 Å². The van der Waals surface area contributed by atoms with Crippen LogP contribution < -0.4 is 5.73 Å². The van der Waals surface area contributed by atoms with Gasteiger partial charge in [0.2, 0.25) is 0 Å². The summed E-state index contributed by atoms with van der Waals surface area (Å²) in [6.07, 6.45) is 0. The molecule has 3 N–H and O–H groups in total. The van der Waals surface area contributed by atoms with Crippen LogP contribution >= 0.6 is 11.3 Å². The van der Waals surface area contributed by atoms with Gasteiger partial charge in [0.1, 0.15) is 0 Å². The SMILES string of the molecule is CC(C)c1ccc(-c2[nH]nc(N)c2-c2cccs2)cc1. The van der Waals surface area contributed by atoms with E-state index in [1.54, 1.807) is 11.3 Å². The van der Waals surface area contributed by atoms with Crippen LogP contribution in [0.5, 0.6) is 0 Å². The monoisotopic (exact) mass is 283 g/mol. The van der Waals surface area contributed by atoms with Gasteiger partial charge < -0.3 is 5.73 Å². The van der Waals surface area contributed by atoms with Crippen molar-refractivity contribution in [3.8, 4) is 21.7 Å². The van der Waals surface area contributed by atoms with Crippen LogP contribution in [-0.4, -0.2) is 10.2 Å². The fourth-order valence-electron chi connectivity index (χ4n) is 2.27. The van der Waals surface area contributed by atoms with Crippen molar-refractivity contribution in [2.24, 2.45) is 0 Å². The van der Waals surface area contributed by atoms with Crippen LogP contribution in [0.3, 0.4) is 0 Å². The second kappa shape index (κ2) is 5.13. The van der Waals surface area contributed by atoms with E-state index in [4.69, 9.17) is 5.73 Å². The molecule has 3 nitrogen and oxygen atoms in total. The first-order valence-electron chi connectivity index (χ1n) is 6.65. The lowest BCUT2D eigenvalue weighted by atomic mass is 9.99. The molecule has 20 heavy (non-hydrogen) atoms. The molecule has 0 aliphatic heterocycles. The van der Waals surface area contributed by atoms with Crippen LogP contribution in [0.4, 0.5) is 5.82 Å². The second-order valence-electron chi connectivity index (χ2n) is 5.11. The van der Waals surface area contributed by atoms with Crippen LogP contribution in [-0.2, 0) is 0 Å². The number of aromatic amines is 1. The van der Waals surface area contributed by atoms with Gasteiger partial charge in [-0.15, -0.1) is 11.3 Å². The van der Waals surface area contributed by atoms with Crippen molar-refractivity contribution in [3.05, 3.63) is 47.3 Å². The molecule has 0 aliphatic carbocycles. The first kappa shape index (κ1) is 12.9. The van der Waals surface area contributed by atoms with Gasteiger partial charge in [-0.25, -0.2) is 0 Å². The number of nitrogens with one attached hydrogen (secondary N) is 1. The van der Waals surface area contributed by atoms with E-state index >= 15 is 0 Å². The molecule has 3 rings (SSSR count). The van der Waals surface area contributed by atoms with E-state index in [-0.39, 0.29) is 0 Å². The number of rotatable bonds is 3. The van der Waals surface area contributed by atoms with Crippen LogP contribution in [0.25, 0.3) is 21.7 Å². The fraction of sp³-hybridized carbons (Fsp3) is 0.188. The number of nitrogens with two attached hydrogens (primary N) is 1. The van der Waals surface area contributed by atoms with E-state index in [1.807, 2.05) is 11.4 Å². The summed E-state index contributed by atoms with van der Waals surface area (Å²) >= 11 is 1.67. The van der Waals surface area contributed by atoms with Gasteiger partial charge in [-0.1, -0.05) is 44.2 Å². The second-order valence-corrected chi connectivity index (χ2v) is 6.06. The minimum atomic E-state index is 0.535. The Balaban J connectivity index is 2.07. The summed E-state index contributed by atoms with van der Waals surface area (Å²) in [6, 6.07) is 12.7. The van der Waals surface area contributed by atoms with Crippen LogP contribution in [0.2, 0.25) is 0 Å². The van der Waals surface area contributed by atoms with Crippen molar-refractivity contribution in [1.29, 1.82) is 0 Å². The molecule has 0 saturated carbocycles. The van der Waals surface area contributed by atoms with Crippen LogP contribution in [0.1, 0.15) is 25.3 Å². The van der Waals surface area contributed by atoms with Crippen molar-refractivity contribution >= 4 is 17.2 Å². The third-order valence-corrected chi connectivity index (χ3v) is 4.32. The van der Waals surface area contributed by atoms with Crippen LogP contribution in [0.15, 0.2) is 41.8 Å². The van der Waals surface area contributed by atoms with Crippen LogP contribution in [0, 0.1) is 0 Å². The molecule has 0 aliphatic rings. The standard InChI is InChI=1S/C16H17N3S/c1-10(2)11-5-7-12(8-6-11)15-14(16(17)19-18-15)13-4-3-9-20-13/h3-10H,1-2H3,(H3,17,18,19). The zero-order valence-corrected chi connectivity index (χ0v) is 12.4. The Labute approximate surface area is 122 Å². The summed E-state index contributed by atoms with van der Waals surface area (Å²) in [7, 11) is 0. The van der Waals surface area contributed by atoms with Gasteiger partial charge in [-0.2, -0.15) is 5.10 Å².